The van der Waals surface area contributed by atoms with Crippen LogP contribution in [0.15, 0.2) is 48.5 Å². The molecule has 0 aliphatic heterocycles. The van der Waals surface area contributed by atoms with Crippen molar-refractivity contribution >= 4 is 46.3 Å². The molecule has 3 rings (SSSR count). The average molecular weight is 402 g/mol. The lowest BCUT2D eigenvalue weighted by atomic mass is 10.2. The summed E-state index contributed by atoms with van der Waals surface area (Å²) in [7, 11) is 0. The van der Waals surface area contributed by atoms with E-state index in [1.165, 1.54) is 0 Å². The Kier molecular flexibility index (Phi) is 6.00. The van der Waals surface area contributed by atoms with E-state index in [9.17, 15) is 9.59 Å². The molecule has 0 spiro atoms. The minimum absolute atomic E-state index is 0.145. The fourth-order valence-corrected chi connectivity index (χ4v) is 2.98. The lowest BCUT2D eigenvalue weighted by Crippen LogP contribution is -2.28. The largest absolute Gasteiger partial charge is 0.331 e. The molecule has 7 nitrogen and oxygen atoms in total. The van der Waals surface area contributed by atoms with Crippen LogP contribution in [0.4, 0.5) is 16.2 Å². The Morgan fingerprint density at radius 2 is 1.78 bits per heavy atom. The van der Waals surface area contributed by atoms with Crippen molar-refractivity contribution in [1.29, 1.82) is 0 Å². The number of halogens is 1. The van der Waals surface area contributed by atoms with Gasteiger partial charge in [0.2, 0.25) is 5.01 Å². The molecule has 0 saturated carbocycles. The molecule has 2 aromatic carbocycles. The Labute approximate surface area is 164 Å². The summed E-state index contributed by atoms with van der Waals surface area (Å²) in [6.45, 7) is 2.11. The molecule has 0 fully saturated rings. The molecule has 3 amide bonds. The topological polar surface area (TPSA) is 96.0 Å². The fourth-order valence-electron chi connectivity index (χ4n) is 2.12. The van der Waals surface area contributed by atoms with Gasteiger partial charge in [0.15, 0.2) is 0 Å². The molecule has 0 atom stereocenters. The summed E-state index contributed by atoms with van der Waals surface area (Å²) in [4.78, 5) is 24.2. The number of nitrogens with one attached hydrogen (secondary N) is 3. The molecule has 3 N–H and O–H groups in total. The number of aryl methyl sites for hydroxylation is 1. The average Bonchev–Trinajstić information content (AvgIpc) is 3.13. The summed E-state index contributed by atoms with van der Waals surface area (Å²) in [5, 5.41) is 17.0. The number of carbonyl (C=O) groups excluding carboxylic acids is 2. The Morgan fingerprint density at radius 1 is 1.04 bits per heavy atom. The van der Waals surface area contributed by atoms with Crippen molar-refractivity contribution in [2.24, 2.45) is 0 Å². The first-order valence-electron chi connectivity index (χ1n) is 8.01. The second kappa shape index (κ2) is 8.61. The predicted octanol–water partition coefficient (Wildman–Crippen LogP) is 4.07. The van der Waals surface area contributed by atoms with E-state index in [2.05, 4.69) is 26.1 Å². The van der Waals surface area contributed by atoms with E-state index >= 15 is 0 Å². The number of urea groups is 1. The molecule has 9 heteroatoms. The molecule has 27 heavy (non-hydrogen) atoms. The number of carbonyl (C=O) groups is 2. The van der Waals surface area contributed by atoms with Crippen LogP contribution < -0.4 is 16.0 Å². The van der Waals surface area contributed by atoms with Crippen molar-refractivity contribution in [2.45, 2.75) is 13.5 Å². The quantitative estimate of drug-likeness (QED) is 0.600. The molecule has 0 radical (unpaired) electrons. The van der Waals surface area contributed by atoms with Crippen LogP contribution in [0.5, 0.6) is 0 Å². The van der Waals surface area contributed by atoms with Crippen molar-refractivity contribution in [3.05, 3.63) is 69.1 Å². The molecule has 0 saturated heterocycles. The van der Waals surface area contributed by atoms with Gasteiger partial charge in [-0.25, -0.2) is 4.79 Å². The van der Waals surface area contributed by atoms with Crippen LogP contribution in [0, 0.1) is 6.92 Å². The van der Waals surface area contributed by atoms with Crippen LogP contribution in [-0.2, 0) is 6.54 Å². The number of para-hydroxylation sites is 1. The second-order valence-electron chi connectivity index (χ2n) is 5.61. The number of anilines is 2. The molecule has 0 aliphatic carbocycles. The van der Waals surface area contributed by atoms with Gasteiger partial charge in [-0.15, -0.1) is 10.2 Å². The molecule has 1 aromatic heterocycles. The SMILES string of the molecule is Cc1ccc(NC(=O)c2nnc(CNC(=O)Nc3ccccc3Cl)s2)cc1. The highest BCUT2D eigenvalue weighted by Crippen LogP contribution is 2.20. The van der Waals surface area contributed by atoms with E-state index in [1.54, 1.807) is 24.3 Å². The van der Waals surface area contributed by atoms with Gasteiger partial charge in [0.1, 0.15) is 5.01 Å². The minimum Gasteiger partial charge on any atom is -0.331 e. The Bertz CT molecular complexity index is 958. The first-order valence-corrected chi connectivity index (χ1v) is 9.20. The van der Waals surface area contributed by atoms with Gasteiger partial charge in [-0.05, 0) is 31.2 Å². The highest BCUT2D eigenvalue weighted by atomic mass is 35.5. The van der Waals surface area contributed by atoms with Crippen LogP contribution in [0.2, 0.25) is 5.02 Å². The third-order valence-electron chi connectivity index (χ3n) is 3.49. The summed E-state index contributed by atoms with van der Waals surface area (Å²) < 4.78 is 0. The van der Waals surface area contributed by atoms with Gasteiger partial charge in [0.25, 0.3) is 5.91 Å². The van der Waals surface area contributed by atoms with Gasteiger partial charge >= 0.3 is 6.03 Å². The summed E-state index contributed by atoms with van der Waals surface area (Å²) in [5.41, 5.74) is 2.29. The van der Waals surface area contributed by atoms with E-state index < -0.39 is 6.03 Å². The van der Waals surface area contributed by atoms with Crippen LogP contribution in [0.1, 0.15) is 20.4 Å². The zero-order valence-electron chi connectivity index (χ0n) is 14.3. The summed E-state index contributed by atoms with van der Waals surface area (Å²) >= 11 is 7.10. The van der Waals surface area contributed by atoms with Crippen LogP contribution in [0.25, 0.3) is 0 Å². The maximum atomic E-state index is 12.2. The van der Waals surface area contributed by atoms with Crippen molar-refractivity contribution in [1.82, 2.24) is 15.5 Å². The lowest BCUT2D eigenvalue weighted by molar-refractivity contribution is 0.102. The lowest BCUT2D eigenvalue weighted by Gasteiger charge is -2.07. The second-order valence-corrected chi connectivity index (χ2v) is 7.08. The van der Waals surface area contributed by atoms with Crippen molar-refractivity contribution < 1.29 is 9.59 Å². The number of rotatable bonds is 5. The summed E-state index contributed by atoms with van der Waals surface area (Å²) in [5.74, 6) is -0.344. The predicted molar refractivity (Wildman–Crippen MR) is 106 cm³/mol. The maximum Gasteiger partial charge on any atom is 0.319 e. The monoisotopic (exact) mass is 401 g/mol. The van der Waals surface area contributed by atoms with Crippen molar-refractivity contribution in [3.63, 3.8) is 0 Å². The van der Waals surface area contributed by atoms with Gasteiger partial charge in [0, 0.05) is 5.69 Å². The van der Waals surface area contributed by atoms with Crippen LogP contribution in [0.3, 0.4) is 0 Å². The molecule has 138 valence electrons. The number of nitrogens with zero attached hydrogens (tertiary/aromatic N) is 2. The van der Waals surface area contributed by atoms with Gasteiger partial charge in [0.05, 0.1) is 17.3 Å². The standard InChI is InChI=1S/C18H16ClN5O2S/c1-11-6-8-12(9-7-11)21-16(25)17-24-23-15(27-17)10-20-18(26)22-14-5-3-2-4-13(14)19/h2-9H,10H2,1H3,(H,21,25)(H2,20,22,26). The molecule has 0 unspecified atom stereocenters. The van der Waals surface area contributed by atoms with Crippen molar-refractivity contribution in [2.75, 3.05) is 10.6 Å². The highest BCUT2D eigenvalue weighted by Gasteiger charge is 2.14. The van der Waals surface area contributed by atoms with E-state index in [1.807, 2.05) is 31.2 Å². The smallest absolute Gasteiger partial charge is 0.319 e. The van der Waals surface area contributed by atoms with E-state index in [-0.39, 0.29) is 17.5 Å². The Morgan fingerprint density at radius 3 is 2.52 bits per heavy atom. The number of benzene rings is 2. The first kappa shape index (κ1) is 18.8. The Balaban J connectivity index is 1.53. The maximum absolute atomic E-state index is 12.2. The third kappa shape index (κ3) is 5.25. The summed E-state index contributed by atoms with van der Waals surface area (Å²) in [6.07, 6.45) is 0. The van der Waals surface area contributed by atoms with Crippen LogP contribution in [-0.4, -0.2) is 22.1 Å². The van der Waals surface area contributed by atoms with Crippen molar-refractivity contribution in [3.8, 4) is 0 Å². The molecule has 0 aliphatic rings. The zero-order chi connectivity index (χ0) is 19.2. The number of aromatic nitrogens is 2. The molecule has 0 bridgehead atoms. The number of hydrogen-bond donors (Lipinski definition) is 3. The third-order valence-corrected chi connectivity index (χ3v) is 4.74. The highest BCUT2D eigenvalue weighted by molar-refractivity contribution is 7.13. The first-order chi connectivity index (χ1) is 13.0. The fraction of sp³-hybridized carbons (Fsp3) is 0.111. The summed E-state index contributed by atoms with van der Waals surface area (Å²) in [6, 6.07) is 13.9. The minimum atomic E-state index is -0.427. The zero-order valence-corrected chi connectivity index (χ0v) is 15.9. The van der Waals surface area contributed by atoms with Gasteiger partial charge in [-0.1, -0.05) is 52.8 Å². The molecular weight excluding hydrogens is 386 g/mol. The van der Waals surface area contributed by atoms with Gasteiger partial charge in [-0.2, -0.15) is 0 Å². The number of hydrogen-bond acceptors (Lipinski definition) is 5. The van der Waals surface area contributed by atoms with Crippen LogP contribution >= 0.6 is 22.9 Å². The Hall–Kier alpha value is -2.97. The van der Waals surface area contributed by atoms with Gasteiger partial charge < -0.3 is 16.0 Å². The normalized spacial score (nSPS) is 10.3. The van der Waals surface area contributed by atoms with E-state index in [4.69, 9.17) is 11.6 Å². The molecule has 1 heterocycles. The van der Waals surface area contributed by atoms with Gasteiger partial charge in [-0.3, -0.25) is 4.79 Å². The van der Waals surface area contributed by atoms with E-state index in [0.717, 1.165) is 16.9 Å². The number of amides is 3. The molecule has 3 aromatic rings. The molecular formula is C18H16ClN5O2S. The van der Waals surface area contributed by atoms with E-state index in [0.29, 0.717) is 21.4 Å².